The molecule has 1 fully saturated rings. The number of guanidine groups is 1. The van der Waals surface area contributed by atoms with Gasteiger partial charge in [-0.05, 0) is 45.4 Å². The molecule has 1 saturated carbocycles. The maximum absolute atomic E-state index is 11.7. The highest BCUT2D eigenvalue weighted by Gasteiger charge is 2.31. The lowest BCUT2D eigenvalue weighted by atomic mass is 9.72. The number of aliphatic imine (C=N–C) groups is 1. The zero-order chi connectivity index (χ0) is 17.8. The molecule has 0 spiro atoms. The molecule has 0 aromatic heterocycles. The summed E-state index contributed by atoms with van der Waals surface area (Å²) in [6.45, 7) is 8.28. The Morgan fingerprint density at radius 1 is 1.21 bits per heavy atom. The number of amides is 1. The smallest absolute Gasteiger partial charge is 0.221 e. The monoisotopic (exact) mass is 340 g/mol. The van der Waals surface area contributed by atoms with Crippen LogP contribution >= 0.6 is 0 Å². The number of carbonyl (C=O) groups is 1. The number of hydrogen-bond donors (Lipinski definition) is 4. The van der Waals surface area contributed by atoms with Gasteiger partial charge in [-0.15, -0.1) is 0 Å². The number of rotatable bonds is 9. The van der Waals surface area contributed by atoms with Crippen molar-refractivity contribution in [2.24, 2.45) is 10.4 Å². The summed E-state index contributed by atoms with van der Waals surface area (Å²) < 4.78 is 0. The molecule has 0 radical (unpaired) electrons. The van der Waals surface area contributed by atoms with Gasteiger partial charge in [-0.25, -0.2) is 0 Å². The Morgan fingerprint density at radius 3 is 2.50 bits per heavy atom. The second kappa shape index (κ2) is 11.3. The highest BCUT2D eigenvalue weighted by atomic mass is 16.3. The van der Waals surface area contributed by atoms with Crippen LogP contribution in [0, 0.1) is 5.41 Å². The molecule has 0 aliphatic heterocycles. The molecule has 140 valence electrons. The Morgan fingerprint density at radius 2 is 1.92 bits per heavy atom. The largest absolute Gasteiger partial charge is 0.396 e. The molecule has 6 heteroatoms. The van der Waals surface area contributed by atoms with Crippen LogP contribution in [-0.4, -0.2) is 49.3 Å². The SMILES string of the molecule is CCNC(=NCC1(CCO)CCCCC1)NCCC(=O)NC(C)C. The van der Waals surface area contributed by atoms with Crippen LogP contribution in [0.15, 0.2) is 4.99 Å². The predicted molar refractivity (Wildman–Crippen MR) is 99.1 cm³/mol. The summed E-state index contributed by atoms with van der Waals surface area (Å²) in [5.41, 5.74) is 0.143. The van der Waals surface area contributed by atoms with Crippen LogP contribution in [0.3, 0.4) is 0 Å². The Balaban J connectivity index is 2.52. The fourth-order valence-corrected chi connectivity index (χ4v) is 3.30. The van der Waals surface area contributed by atoms with Crippen molar-refractivity contribution in [1.82, 2.24) is 16.0 Å². The number of aliphatic hydroxyl groups excluding tert-OH is 1. The molecular weight excluding hydrogens is 304 g/mol. The standard InChI is InChI=1S/C18H36N4O2/c1-4-19-17(20-12-8-16(24)22-15(2)3)21-14-18(11-13-23)9-6-5-7-10-18/h15,23H,4-14H2,1-3H3,(H,22,24)(H2,19,20,21). The van der Waals surface area contributed by atoms with E-state index in [1.54, 1.807) is 0 Å². The fraction of sp³-hybridized carbons (Fsp3) is 0.889. The minimum absolute atomic E-state index is 0.0531. The van der Waals surface area contributed by atoms with Crippen molar-refractivity contribution in [2.75, 3.05) is 26.2 Å². The van der Waals surface area contributed by atoms with Crippen LogP contribution in [0.1, 0.15) is 65.7 Å². The lowest BCUT2D eigenvalue weighted by molar-refractivity contribution is -0.121. The summed E-state index contributed by atoms with van der Waals surface area (Å²) >= 11 is 0. The van der Waals surface area contributed by atoms with Gasteiger partial charge in [-0.1, -0.05) is 19.3 Å². The molecule has 1 aliphatic carbocycles. The maximum atomic E-state index is 11.7. The number of carbonyl (C=O) groups excluding carboxylic acids is 1. The first kappa shape index (κ1) is 20.7. The third-order valence-electron chi connectivity index (χ3n) is 4.57. The number of nitrogens with one attached hydrogen (secondary N) is 3. The summed E-state index contributed by atoms with van der Waals surface area (Å²) in [5, 5.41) is 18.8. The molecule has 24 heavy (non-hydrogen) atoms. The van der Waals surface area contributed by atoms with E-state index in [0.717, 1.165) is 38.3 Å². The lowest BCUT2D eigenvalue weighted by Crippen LogP contribution is -2.41. The maximum Gasteiger partial charge on any atom is 0.221 e. The predicted octanol–water partition coefficient (Wildman–Crippen LogP) is 1.79. The van der Waals surface area contributed by atoms with Crippen LogP contribution in [0.25, 0.3) is 0 Å². The third-order valence-corrected chi connectivity index (χ3v) is 4.57. The van der Waals surface area contributed by atoms with Gasteiger partial charge in [0.2, 0.25) is 5.91 Å². The molecular formula is C18H36N4O2. The van der Waals surface area contributed by atoms with Crippen molar-refractivity contribution in [2.45, 2.75) is 71.8 Å². The summed E-state index contributed by atoms with van der Waals surface area (Å²) in [5.74, 6) is 0.815. The molecule has 0 heterocycles. The molecule has 4 N–H and O–H groups in total. The van der Waals surface area contributed by atoms with Crippen LogP contribution in [0.4, 0.5) is 0 Å². The summed E-state index contributed by atoms with van der Waals surface area (Å²) in [6, 6.07) is 0.170. The molecule has 1 aliphatic rings. The molecule has 1 amide bonds. The van der Waals surface area contributed by atoms with Gasteiger partial charge in [-0.2, -0.15) is 0 Å². The van der Waals surface area contributed by atoms with Crippen molar-refractivity contribution >= 4 is 11.9 Å². The van der Waals surface area contributed by atoms with Gasteiger partial charge in [0.1, 0.15) is 0 Å². The van der Waals surface area contributed by atoms with Crippen LogP contribution in [0.5, 0.6) is 0 Å². The Bertz CT molecular complexity index is 385. The molecule has 0 aromatic rings. The van der Waals surface area contributed by atoms with E-state index < -0.39 is 0 Å². The van der Waals surface area contributed by atoms with E-state index in [1.165, 1.54) is 19.3 Å². The summed E-state index contributed by atoms with van der Waals surface area (Å²) in [6.07, 6.45) is 7.31. The summed E-state index contributed by atoms with van der Waals surface area (Å²) in [7, 11) is 0. The van der Waals surface area contributed by atoms with Crippen LogP contribution in [-0.2, 0) is 4.79 Å². The van der Waals surface area contributed by atoms with E-state index in [2.05, 4.69) is 16.0 Å². The number of hydrogen-bond acceptors (Lipinski definition) is 3. The van der Waals surface area contributed by atoms with Crippen molar-refractivity contribution in [1.29, 1.82) is 0 Å². The van der Waals surface area contributed by atoms with Crippen LogP contribution < -0.4 is 16.0 Å². The van der Waals surface area contributed by atoms with Crippen molar-refractivity contribution < 1.29 is 9.90 Å². The van der Waals surface area contributed by atoms with Crippen molar-refractivity contribution in [3.05, 3.63) is 0 Å². The first-order valence-electron chi connectivity index (χ1n) is 9.44. The zero-order valence-corrected chi connectivity index (χ0v) is 15.7. The van der Waals surface area contributed by atoms with E-state index in [4.69, 9.17) is 4.99 Å². The molecule has 1 rings (SSSR count). The number of nitrogens with zero attached hydrogens (tertiary/aromatic N) is 1. The average molecular weight is 341 g/mol. The first-order chi connectivity index (χ1) is 11.5. The second-order valence-corrected chi connectivity index (χ2v) is 7.13. The fourth-order valence-electron chi connectivity index (χ4n) is 3.30. The van der Waals surface area contributed by atoms with E-state index in [1.807, 2.05) is 20.8 Å². The molecule has 0 unspecified atom stereocenters. The second-order valence-electron chi connectivity index (χ2n) is 7.13. The van der Waals surface area contributed by atoms with Gasteiger partial charge < -0.3 is 21.1 Å². The van der Waals surface area contributed by atoms with Gasteiger partial charge in [0.25, 0.3) is 0 Å². The molecule has 6 nitrogen and oxygen atoms in total. The van der Waals surface area contributed by atoms with Gasteiger partial charge in [0, 0.05) is 38.7 Å². The van der Waals surface area contributed by atoms with Crippen molar-refractivity contribution in [3.8, 4) is 0 Å². The Kier molecular flexibility index (Phi) is 9.76. The molecule has 0 atom stereocenters. The minimum Gasteiger partial charge on any atom is -0.396 e. The van der Waals surface area contributed by atoms with Crippen LogP contribution in [0.2, 0.25) is 0 Å². The Labute approximate surface area is 146 Å². The van der Waals surface area contributed by atoms with E-state index >= 15 is 0 Å². The summed E-state index contributed by atoms with van der Waals surface area (Å²) in [4.78, 5) is 16.4. The molecule has 0 bridgehead atoms. The van der Waals surface area contributed by atoms with E-state index in [-0.39, 0.29) is 24.0 Å². The lowest BCUT2D eigenvalue weighted by Gasteiger charge is -2.35. The van der Waals surface area contributed by atoms with Gasteiger partial charge in [0.15, 0.2) is 5.96 Å². The third kappa shape index (κ3) is 7.99. The normalized spacial score (nSPS) is 17.6. The van der Waals surface area contributed by atoms with Crippen molar-refractivity contribution in [3.63, 3.8) is 0 Å². The quantitative estimate of drug-likeness (QED) is 0.381. The van der Waals surface area contributed by atoms with E-state index in [9.17, 15) is 9.90 Å². The zero-order valence-electron chi connectivity index (χ0n) is 15.7. The molecule has 0 aromatic carbocycles. The van der Waals surface area contributed by atoms with Gasteiger partial charge in [-0.3, -0.25) is 9.79 Å². The number of aliphatic hydroxyl groups is 1. The molecule has 0 saturated heterocycles. The van der Waals surface area contributed by atoms with E-state index in [0.29, 0.717) is 13.0 Å². The topological polar surface area (TPSA) is 85.8 Å². The highest BCUT2D eigenvalue weighted by molar-refractivity contribution is 5.81. The average Bonchev–Trinajstić information content (AvgIpc) is 2.53. The highest BCUT2D eigenvalue weighted by Crippen LogP contribution is 2.39. The van der Waals surface area contributed by atoms with Gasteiger partial charge in [0.05, 0.1) is 0 Å². The first-order valence-corrected chi connectivity index (χ1v) is 9.44. The van der Waals surface area contributed by atoms with Gasteiger partial charge >= 0.3 is 0 Å². The minimum atomic E-state index is 0.0531. The Hall–Kier alpha value is -1.30.